The highest BCUT2D eigenvalue weighted by molar-refractivity contribution is 5.85. The average Bonchev–Trinajstić information content (AvgIpc) is 2.62. The van der Waals surface area contributed by atoms with Gasteiger partial charge < -0.3 is 20.1 Å². The first-order valence-electron chi connectivity index (χ1n) is 8.09. The van der Waals surface area contributed by atoms with Gasteiger partial charge in [0, 0.05) is 26.3 Å². The van der Waals surface area contributed by atoms with E-state index in [4.69, 9.17) is 15.2 Å². The molecule has 2 heterocycles. The van der Waals surface area contributed by atoms with Crippen molar-refractivity contribution in [2.24, 2.45) is 11.1 Å². The maximum atomic E-state index is 13.4. The van der Waals surface area contributed by atoms with Crippen LogP contribution < -0.4 is 5.73 Å². The first kappa shape index (κ1) is 19.1. The summed E-state index contributed by atoms with van der Waals surface area (Å²) in [5.41, 5.74) is 6.16. The SMILES string of the molecule is Cl.NCC1(C(=O)N2CCOC(c3cccc(F)c3)C2)CCOCC1. The summed E-state index contributed by atoms with van der Waals surface area (Å²) in [6.07, 6.45) is 1.02. The maximum Gasteiger partial charge on any atom is 0.230 e. The number of hydrogen-bond acceptors (Lipinski definition) is 4. The van der Waals surface area contributed by atoms with E-state index in [1.165, 1.54) is 12.1 Å². The summed E-state index contributed by atoms with van der Waals surface area (Å²) in [7, 11) is 0. The van der Waals surface area contributed by atoms with Crippen molar-refractivity contribution < 1.29 is 18.7 Å². The number of rotatable bonds is 3. The number of carbonyl (C=O) groups excluding carboxylic acids is 1. The van der Waals surface area contributed by atoms with Gasteiger partial charge in [0.2, 0.25) is 5.91 Å². The minimum atomic E-state index is -0.526. The molecule has 0 aliphatic carbocycles. The molecule has 134 valence electrons. The van der Waals surface area contributed by atoms with Crippen molar-refractivity contribution in [3.8, 4) is 0 Å². The Morgan fingerprint density at radius 2 is 2.08 bits per heavy atom. The Hall–Kier alpha value is -1.21. The van der Waals surface area contributed by atoms with Crippen molar-refractivity contribution in [2.75, 3.05) is 39.5 Å². The zero-order chi connectivity index (χ0) is 16.3. The normalized spacial score (nSPS) is 23.4. The number of morpholine rings is 1. The van der Waals surface area contributed by atoms with Crippen molar-refractivity contribution in [3.05, 3.63) is 35.6 Å². The van der Waals surface area contributed by atoms with Crippen molar-refractivity contribution in [3.63, 3.8) is 0 Å². The van der Waals surface area contributed by atoms with E-state index >= 15 is 0 Å². The summed E-state index contributed by atoms with van der Waals surface area (Å²) in [6, 6.07) is 6.36. The van der Waals surface area contributed by atoms with Crippen LogP contribution in [0.25, 0.3) is 0 Å². The van der Waals surface area contributed by atoms with Crippen molar-refractivity contribution in [1.29, 1.82) is 0 Å². The predicted molar refractivity (Wildman–Crippen MR) is 90.5 cm³/mol. The molecule has 2 fully saturated rings. The lowest BCUT2D eigenvalue weighted by Gasteiger charge is -2.41. The second kappa shape index (κ2) is 8.25. The Morgan fingerprint density at radius 3 is 2.75 bits per heavy atom. The third kappa shape index (κ3) is 3.88. The minimum absolute atomic E-state index is 0. The van der Waals surface area contributed by atoms with E-state index < -0.39 is 5.41 Å². The van der Waals surface area contributed by atoms with Gasteiger partial charge in [-0.1, -0.05) is 12.1 Å². The van der Waals surface area contributed by atoms with Crippen LogP contribution in [0, 0.1) is 11.2 Å². The summed E-state index contributed by atoms with van der Waals surface area (Å²) in [6.45, 7) is 2.90. The molecule has 0 radical (unpaired) electrons. The average molecular weight is 359 g/mol. The largest absolute Gasteiger partial charge is 0.381 e. The molecule has 3 rings (SSSR count). The molecule has 5 nitrogen and oxygen atoms in total. The highest BCUT2D eigenvalue weighted by atomic mass is 35.5. The van der Waals surface area contributed by atoms with Crippen LogP contribution in [0.2, 0.25) is 0 Å². The molecule has 2 saturated heterocycles. The third-order valence-electron chi connectivity index (χ3n) is 4.87. The molecule has 0 bridgehead atoms. The molecule has 1 amide bonds. The highest BCUT2D eigenvalue weighted by Gasteiger charge is 2.42. The molecular weight excluding hydrogens is 335 g/mol. The van der Waals surface area contributed by atoms with Crippen molar-refractivity contribution in [2.45, 2.75) is 18.9 Å². The quantitative estimate of drug-likeness (QED) is 0.896. The van der Waals surface area contributed by atoms with Gasteiger partial charge >= 0.3 is 0 Å². The van der Waals surface area contributed by atoms with Gasteiger partial charge in [-0.3, -0.25) is 4.79 Å². The molecule has 1 aromatic carbocycles. The summed E-state index contributed by atoms with van der Waals surface area (Å²) in [5.74, 6) is -0.217. The van der Waals surface area contributed by atoms with E-state index in [1.807, 2.05) is 11.0 Å². The zero-order valence-corrected chi connectivity index (χ0v) is 14.4. The number of nitrogens with two attached hydrogens (primary N) is 1. The molecule has 2 aliphatic rings. The first-order chi connectivity index (χ1) is 11.1. The molecule has 0 saturated carbocycles. The number of nitrogens with zero attached hydrogens (tertiary/aromatic N) is 1. The number of benzene rings is 1. The van der Waals surface area contributed by atoms with Gasteiger partial charge in [0.25, 0.3) is 0 Å². The number of carbonyl (C=O) groups is 1. The Morgan fingerprint density at radius 1 is 1.33 bits per heavy atom. The van der Waals surface area contributed by atoms with E-state index in [0.29, 0.717) is 52.3 Å². The summed E-state index contributed by atoms with van der Waals surface area (Å²) < 4.78 is 24.5. The Bertz CT molecular complexity index is 567. The lowest BCUT2D eigenvalue weighted by Crippen LogP contribution is -2.54. The molecule has 0 spiro atoms. The molecule has 2 N–H and O–H groups in total. The number of amides is 1. The van der Waals surface area contributed by atoms with Crippen molar-refractivity contribution >= 4 is 18.3 Å². The fourth-order valence-corrected chi connectivity index (χ4v) is 3.35. The number of hydrogen-bond donors (Lipinski definition) is 1. The lowest BCUT2D eigenvalue weighted by molar-refractivity contribution is -0.154. The van der Waals surface area contributed by atoms with Crippen LogP contribution in [0.15, 0.2) is 24.3 Å². The van der Waals surface area contributed by atoms with E-state index in [-0.39, 0.29) is 30.2 Å². The maximum absolute atomic E-state index is 13.4. The van der Waals surface area contributed by atoms with Crippen LogP contribution in [-0.2, 0) is 14.3 Å². The molecule has 2 aliphatic heterocycles. The van der Waals surface area contributed by atoms with Gasteiger partial charge in [0.05, 0.1) is 18.6 Å². The molecule has 1 unspecified atom stereocenters. The van der Waals surface area contributed by atoms with Crippen LogP contribution in [0.1, 0.15) is 24.5 Å². The van der Waals surface area contributed by atoms with E-state index in [2.05, 4.69) is 0 Å². The molecular formula is C17H24ClFN2O3. The second-order valence-corrected chi connectivity index (χ2v) is 6.26. The predicted octanol–water partition coefficient (Wildman–Crippen LogP) is 1.90. The van der Waals surface area contributed by atoms with Gasteiger partial charge in [0.15, 0.2) is 0 Å². The van der Waals surface area contributed by atoms with Crippen LogP contribution >= 0.6 is 12.4 Å². The highest BCUT2D eigenvalue weighted by Crippen LogP contribution is 2.33. The van der Waals surface area contributed by atoms with Gasteiger partial charge in [-0.15, -0.1) is 12.4 Å². The first-order valence-corrected chi connectivity index (χ1v) is 8.09. The molecule has 1 aromatic rings. The van der Waals surface area contributed by atoms with E-state index in [9.17, 15) is 9.18 Å². The number of ether oxygens (including phenoxy) is 2. The summed E-state index contributed by atoms with van der Waals surface area (Å²) >= 11 is 0. The fourth-order valence-electron chi connectivity index (χ4n) is 3.35. The van der Waals surface area contributed by atoms with Crippen LogP contribution in [0.5, 0.6) is 0 Å². The lowest BCUT2D eigenvalue weighted by atomic mass is 9.78. The van der Waals surface area contributed by atoms with E-state index in [1.54, 1.807) is 6.07 Å². The second-order valence-electron chi connectivity index (χ2n) is 6.26. The smallest absolute Gasteiger partial charge is 0.230 e. The van der Waals surface area contributed by atoms with E-state index in [0.717, 1.165) is 5.56 Å². The van der Waals surface area contributed by atoms with Gasteiger partial charge in [-0.05, 0) is 30.5 Å². The topological polar surface area (TPSA) is 64.8 Å². The zero-order valence-electron chi connectivity index (χ0n) is 13.6. The van der Waals surface area contributed by atoms with Crippen LogP contribution in [0.3, 0.4) is 0 Å². The van der Waals surface area contributed by atoms with Crippen molar-refractivity contribution in [1.82, 2.24) is 4.90 Å². The third-order valence-corrected chi connectivity index (χ3v) is 4.87. The van der Waals surface area contributed by atoms with Crippen LogP contribution in [0.4, 0.5) is 4.39 Å². The van der Waals surface area contributed by atoms with Crippen LogP contribution in [-0.4, -0.2) is 50.3 Å². The van der Waals surface area contributed by atoms with Gasteiger partial charge in [0.1, 0.15) is 11.9 Å². The molecule has 1 atom stereocenters. The van der Waals surface area contributed by atoms with Gasteiger partial charge in [-0.2, -0.15) is 0 Å². The Balaban J connectivity index is 0.00000208. The Labute approximate surface area is 147 Å². The number of halogens is 2. The fraction of sp³-hybridized carbons (Fsp3) is 0.588. The Kier molecular flexibility index (Phi) is 6.57. The standard InChI is InChI=1S/C17H23FN2O3.ClH/c18-14-3-1-2-13(10-14)15-11-20(6-9-23-15)16(21)17(12-19)4-7-22-8-5-17;/h1-3,10,15H,4-9,11-12,19H2;1H. The molecule has 0 aromatic heterocycles. The summed E-state index contributed by atoms with van der Waals surface area (Å²) in [5, 5.41) is 0. The monoisotopic (exact) mass is 358 g/mol. The molecule has 7 heteroatoms. The van der Waals surface area contributed by atoms with Gasteiger partial charge in [-0.25, -0.2) is 4.39 Å². The minimum Gasteiger partial charge on any atom is -0.381 e. The summed E-state index contributed by atoms with van der Waals surface area (Å²) in [4.78, 5) is 14.8. The molecule has 24 heavy (non-hydrogen) atoms.